The number of nitriles is 2. The maximum absolute atomic E-state index is 9.49. The summed E-state index contributed by atoms with van der Waals surface area (Å²) in [7, 11) is 0. The predicted octanol–water partition coefficient (Wildman–Crippen LogP) is 3.76. The Morgan fingerprint density at radius 2 is 1.87 bits per heavy atom. The fraction of sp³-hybridized carbons (Fsp3) is 0.263. The number of hydrogen-bond donors (Lipinski definition) is 1. The van der Waals surface area contributed by atoms with Gasteiger partial charge in [0.25, 0.3) is 0 Å². The van der Waals surface area contributed by atoms with Gasteiger partial charge in [-0.2, -0.15) is 10.5 Å². The maximum Gasteiger partial charge on any atom is 0.180 e. The highest BCUT2D eigenvalue weighted by Crippen LogP contribution is 2.39. The van der Waals surface area contributed by atoms with Crippen molar-refractivity contribution in [3.05, 3.63) is 64.7 Å². The third kappa shape index (κ3) is 2.84. The van der Waals surface area contributed by atoms with E-state index < -0.39 is 0 Å². The smallest absolute Gasteiger partial charge is 0.180 e. The van der Waals surface area contributed by atoms with Crippen LogP contribution in [0.25, 0.3) is 0 Å². The van der Waals surface area contributed by atoms with Crippen LogP contribution in [0.2, 0.25) is 0 Å². The van der Waals surface area contributed by atoms with Gasteiger partial charge in [-0.1, -0.05) is 18.2 Å². The van der Waals surface area contributed by atoms with Crippen molar-refractivity contribution in [1.29, 1.82) is 10.5 Å². The molecule has 0 spiro atoms. The second kappa shape index (κ2) is 6.02. The monoisotopic (exact) mass is 302 g/mol. The van der Waals surface area contributed by atoms with E-state index in [1.807, 2.05) is 12.1 Å². The molecule has 0 saturated heterocycles. The van der Waals surface area contributed by atoms with Gasteiger partial charge in [0, 0.05) is 11.7 Å². The van der Waals surface area contributed by atoms with Crippen LogP contribution < -0.4 is 5.32 Å². The van der Waals surface area contributed by atoms with Crippen molar-refractivity contribution in [3.63, 3.8) is 0 Å². The first-order chi connectivity index (χ1) is 11.1. The maximum atomic E-state index is 9.49. The first-order valence-electron chi connectivity index (χ1n) is 7.68. The molecule has 0 radical (unpaired) electrons. The number of anilines is 1. The zero-order valence-electron chi connectivity index (χ0n) is 13.2. The summed E-state index contributed by atoms with van der Waals surface area (Å²) in [6, 6.07) is 16.2. The highest BCUT2D eigenvalue weighted by Gasteiger charge is 2.31. The largest absolute Gasteiger partial charge is 0.383 e. The Kier molecular flexibility index (Phi) is 3.91. The van der Waals surface area contributed by atoms with Crippen molar-refractivity contribution < 1.29 is 0 Å². The van der Waals surface area contributed by atoms with Crippen LogP contribution in [0.5, 0.6) is 0 Å². The molecule has 1 unspecified atom stereocenters. The fourth-order valence-electron chi connectivity index (χ4n) is 3.05. The number of nitrogens with zero attached hydrogens (tertiary/aromatic N) is 3. The first-order valence-corrected chi connectivity index (χ1v) is 7.68. The molecule has 3 rings (SSSR count). The van der Waals surface area contributed by atoms with Crippen molar-refractivity contribution in [2.45, 2.75) is 32.5 Å². The van der Waals surface area contributed by atoms with Gasteiger partial charge >= 0.3 is 0 Å². The molecule has 1 aliphatic rings. The normalized spacial score (nSPS) is 15.9. The molecule has 0 saturated carbocycles. The van der Waals surface area contributed by atoms with E-state index in [0.717, 1.165) is 16.8 Å². The van der Waals surface area contributed by atoms with E-state index >= 15 is 0 Å². The average molecular weight is 302 g/mol. The van der Waals surface area contributed by atoms with Crippen LogP contribution in [0, 0.1) is 22.8 Å². The molecule has 2 aromatic carbocycles. The van der Waals surface area contributed by atoms with Crippen LogP contribution in [0.4, 0.5) is 5.69 Å². The van der Waals surface area contributed by atoms with E-state index in [1.165, 1.54) is 5.56 Å². The minimum absolute atomic E-state index is 0.0864. The summed E-state index contributed by atoms with van der Waals surface area (Å²) >= 11 is 0. The van der Waals surface area contributed by atoms with E-state index in [9.17, 15) is 5.26 Å². The van der Waals surface area contributed by atoms with E-state index in [2.05, 4.69) is 49.6 Å². The summed E-state index contributed by atoms with van der Waals surface area (Å²) in [5.41, 5.74) is 5.06. The lowest BCUT2D eigenvalue weighted by Gasteiger charge is -2.20. The topological polar surface area (TPSA) is 62.9 Å². The quantitative estimate of drug-likeness (QED) is 0.877. The fourth-order valence-corrected chi connectivity index (χ4v) is 3.05. The third-order valence-electron chi connectivity index (χ3n) is 4.03. The van der Waals surface area contributed by atoms with Crippen molar-refractivity contribution in [2.24, 2.45) is 0 Å². The van der Waals surface area contributed by atoms with Crippen molar-refractivity contribution in [2.75, 3.05) is 5.32 Å². The molecular weight excluding hydrogens is 284 g/mol. The Hall–Kier alpha value is -2.98. The molecule has 4 nitrogen and oxygen atoms in total. The second-order valence-electron chi connectivity index (χ2n) is 6.08. The number of rotatable bonds is 3. The van der Waals surface area contributed by atoms with Crippen LogP contribution in [-0.4, -0.2) is 10.9 Å². The first kappa shape index (κ1) is 14.9. The lowest BCUT2D eigenvalue weighted by Crippen LogP contribution is -2.17. The molecule has 2 aromatic rings. The molecule has 23 heavy (non-hydrogen) atoms. The SMILES string of the molecule is CC(C)Nc1ccc2c(c1)C(c1ccc(C#N)cc1)N(C#N)C2. The third-order valence-corrected chi connectivity index (χ3v) is 4.03. The summed E-state index contributed by atoms with van der Waals surface area (Å²) in [6.45, 7) is 4.83. The van der Waals surface area contributed by atoms with Gasteiger partial charge in [0.2, 0.25) is 0 Å². The molecule has 1 heterocycles. The molecular formula is C19H18N4. The lowest BCUT2D eigenvalue weighted by molar-refractivity contribution is 0.362. The Balaban J connectivity index is 2.02. The van der Waals surface area contributed by atoms with Gasteiger partial charge in [0.05, 0.1) is 24.2 Å². The van der Waals surface area contributed by atoms with Gasteiger partial charge < -0.3 is 5.32 Å². The molecule has 0 bridgehead atoms. The Morgan fingerprint density at radius 3 is 2.48 bits per heavy atom. The van der Waals surface area contributed by atoms with Gasteiger partial charge in [-0.25, -0.2) is 0 Å². The van der Waals surface area contributed by atoms with Gasteiger partial charge in [-0.15, -0.1) is 0 Å². The Morgan fingerprint density at radius 1 is 1.13 bits per heavy atom. The summed E-state index contributed by atoms with van der Waals surface area (Å²) in [5.74, 6) is 0. The van der Waals surface area contributed by atoms with Gasteiger partial charge in [0.15, 0.2) is 6.19 Å². The summed E-state index contributed by atoms with van der Waals surface area (Å²) in [4.78, 5) is 1.78. The van der Waals surface area contributed by atoms with Crippen LogP contribution in [-0.2, 0) is 6.54 Å². The highest BCUT2D eigenvalue weighted by atomic mass is 15.2. The van der Waals surface area contributed by atoms with Gasteiger partial charge in [0.1, 0.15) is 0 Å². The number of hydrogen-bond acceptors (Lipinski definition) is 4. The molecule has 1 aliphatic heterocycles. The van der Waals surface area contributed by atoms with Crippen LogP contribution in [0.3, 0.4) is 0 Å². The minimum atomic E-state index is -0.0864. The zero-order valence-corrected chi connectivity index (χ0v) is 13.2. The number of fused-ring (bicyclic) bond motifs is 1. The van der Waals surface area contributed by atoms with Crippen molar-refractivity contribution in [3.8, 4) is 12.3 Å². The molecule has 0 aromatic heterocycles. The highest BCUT2D eigenvalue weighted by molar-refractivity contribution is 5.54. The van der Waals surface area contributed by atoms with Crippen molar-refractivity contribution in [1.82, 2.24) is 4.90 Å². The summed E-state index contributed by atoms with van der Waals surface area (Å²) in [5, 5.41) is 21.9. The average Bonchev–Trinajstić information content (AvgIpc) is 2.92. The van der Waals surface area contributed by atoms with Crippen molar-refractivity contribution >= 4 is 5.69 Å². The van der Waals surface area contributed by atoms with Crippen LogP contribution in [0.15, 0.2) is 42.5 Å². The van der Waals surface area contributed by atoms with Crippen LogP contribution in [0.1, 0.15) is 42.1 Å². The molecule has 1 N–H and O–H groups in total. The standard InChI is InChI=1S/C19H18N4/c1-13(2)22-17-8-7-16-11-23(12-21)19(18(16)9-17)15-5-3-14(10-20)4-6-15/h3-9,13,19,22H,11H2,1-2H3. The Labute approximate surface area is 136 Å². The molecule has 0 fully saturated rings. The Bertz CT molecular complexity index is 794. The van der Waals surface area contributed by atoms with E-state index in [4.69, 9.17) is 5.26 Å². The molecule has 1 atom stereocenters. The van der Waals surface area contributed by atoms with E-state index in [1.54, 1.807) is 17.0 Å². The van der Waals surface area contributed by atoms with Crippen LogP contribution >= 0.6 is 0 Å². The number of benzene rings is 2. The minimum Gasteiger partial charge on any atom is -0.383 e. The van der Waals surface area contributed by atoms with Gasteiger partial charge in [-0.05, 0) is 54.8 Å². The molecule has 114 valence electrons. The predicted molar refractivity (Wildman–Crippen MR) is 89.4 cm³/mol. The molecule has 4 heteroatoms. The molecule has 0 aliphatic carbocycles. The van der Waals surface area contributed by atoms with E-state index in [0.29, 0.717) is 18.2 Å². The second-order valence-corrected chi connectivity index (χ2v) is 6.08. The lowest BCUT2D eigenvalue weighted by atomic mass is 9.96. The summed E-state index contributed by atoms with van der Waals surface area (Å²) < 4.78 is 0. The summed E-state index contributed by atoms with van der Waals surface area (Å²) in [6.07, 6.45) is 2.30. The van der Waals surface area contributed by atoms with Gasteiger partial charge in [-0.3, -0.25) is 4.90 Å². The molecule has 0 amide bonds. The number of nitrogens with one attached hydrogen (secondary N) is 1. The zero-order chi connectivity index (χ0) is 16.4. The van der Waals surface area contributed by atoms with E-state index in [-0.39, 0.29) is 6.04 Å².